The standard InChI is InChI=1S/C12H14O/c1-4-10(3)12(13)11-7-5-9(2)6-8-11/h4-8,10H,1H2,2-3H3/t10-/m1/s1. The van der Waals surface area contributed by atoms with Crippen LogP contribution in [0.1, 0.15) is 22.8 Å². The van der Waals surface area contributed by atoms with Gasteiger partial charge < -0.3 is 0 Å². The summed E-state index contributed by atoms with van der Waals surface area (Å²) < 4.78 is 0. The number of allylic oxidation sites excluding steroid dienone is 1. The molecule has 1 aromatic rings. The fourth-order valence-electron chi connectivity index (χ4n) is 1.09. The van der Waals surface area contributed by atoms with Crippen LogP contribution in [0.15, 0.2) is 36.9 Å². The normalized spacial score (nSPS) is 12.2. The highest BCUT2D eigenvalue weighted by atomic mass is 16.1. The van der Waals surface area contributed by atoms with E-state index in [9.17, 15) is 4.79 Å². The van der Waals surface area contributed by atoms with Crippen LogP contribution in [-0.2, 0) is 0 Å². The van der Waals surface area contributed by atoms with Gasteiger partial charge in [0.05, 0.1) is 0 Å². The smallest absolute Gasteiger partial charge is 0.169 e. The second-order valence-corrected chi connectivity index (χ2v) is 3.25. The number of rotatable bonds is 3. The molecule has 1 nitrogen and oxygen atoms in total. The molecule has 0 aliphatic heterocycles. The molecule has 0 aliphatic rings. The van der Waals surface area contributed by atoms with Crippen molar-refractivity contribution in [2.45, 2.75) is 13.8 Å². The van der Waals surface area contributed by atoms with E-state index in [1.54, 1.807) is 6.08 Å². The predicted molar refractivity (Wildman–Crippen MR) is 54.9 cm³/mol. The molecule has 0 aliphatic carbocycles. The van der Waals surface area contributed by atoms with Crippen LogP contribution in [0.3, 0.4) is 0 Å². The maximum atomic E-state index is 11.6. The summed E-state index contributed by atoms with van der Waals surface area (Å²) in [7, 11) is 0. The molecule has 0 N–H and O–H groups in total. The Morgan fingerprint density at radius 1 is 1.38 bits per heavy atom. The first-order chi connectivity index (χ1) is 6.15. The number of ketones is 1. The highest BCUT2D eigenvalue weighted by Gasteiger charge is 2.10. The average molecular weight is 174 g/mol. The fraction of sp³-hybridized carbons (Fsp3) is 0.250. The molecular weight excluding hydrogens is 160 g/mol. The molecule has 0 heterocycles. The third-order valence-corrected chi connectivity index (χ3v) is 2.10. The van der Waals surface area contributed by atoms with Crippen molar-refractivity contribution in [3.05, 3.63) is 48.0 Å². The summed E-state index contributed by atoms with van der Waals surface area (Å²) in [4.78, 5) is 11.6. The molecule has 13 heavy (non-hydrogen) atoms. The van der Waals surface area contributed by atoms with Crippen molar-refractivity contribution in [1.82, 2.24) is 0 Å². The maximum Gasteiger partial charge on any atom is 0.169 e. The van der Waals surface area contributed by atoms with Crippen LogP contribution in [0.5, 0.6) is 0 Å². The molecule has 0 unspecified atom stereocenters. The monoisotopic (exact) mass is 174 g/mol. The van der Waals surface area contributed by atoms with Gasteiger partial charge in [-0.1, -0.05) is 42.8 Å². The molecule has 1 rings (SSSR count). The molecule has 0 radical (unpaired) electrons. The molecule has 68 valence electrons. The van der Waals surface area contributed by atoms with E-state index in [1.807, 2.05) is 38.1 Å². The van der Waals surface area contributed by atoms with E-state index >= 15 is 0 Å². The van der Waals surface area contributed by atoms with Crippen LogP contribution in [-0.4, -0.2) is 5.78 Å². The van der Waals surface area contributed by atoms with Crippen molar-refractivity contribution in [2.75, 3.05) is 0 Å². The van der Waals surface area contributed by atoms with E-state index in [1.165, 1.54) is 5.56 Å². The minimum Gasteiger partial charge on any atom is -0.294 e. The van der Waals surface area contributed by atoms with Crippen LogP contribution >= 0.6 is 0 Å². The van der Waals surface area contributed by atoms with Gasteiger partial charge in [0.15, 0.2) is 5.78 Å². The van der Waals surface area contributed by atoms with Gasteiger partial charge in [0.25, 0.3) is 0 Å². The van der Waals surface area contributed by atoms with Crippen molar-refractivity contribution in [1.29, 1.82) is 0 Å². The van der Waals surface area contributed by atoms with Crippen LogP contribution < -0.4 is 0 Å². The summed E-state index contributed by atoms with van der Waals surface area (Å²) in [6.45, 7) is 7.47. The lowest BCUT2D eigenvalue weighted by Crippen LogP contribution is -2.08. The van der Waals surface area contributed by atoms with Gasteiger partial charge in [-0.05, 0) is 6.92 Å². The zero-order chi connectivity index (χ0) is 9.84. The van der Waals surface area contributed by atoms with Crippen molar-refractivity contribution in [3.63, 3.8) is 0 Å². The second kappa shape index (κ2) is 4.04. The lowest BCUT2D eigenvalue weighted by molar-refractivity contribution is 0.0953. The maximum absolute atomic E-state index is 11.6. The Kier molecular flexibility index (Phi) is 3.02. The van der Waals surface area contributed by atoms with E-state index < -0.39 is 0 Å². The third kappa shape index (κ3) is 2.28. The number of hydrogen-bond acceptors (Lipinski definition) is 1. The van der Waals surface area contributed by atoms with Gasteiger partial charge >= 0.3 is 0 Å². The number of carbonyl (C=O) groups excluding carboxylic acids is 1. The van der Waals surface area contributed by atoms with Crippen LogP contribution in [0.2, 0.25) is 0 Å². The molecule has 1 heteroatoms. The summed E-state index contributed by atoms with van der Waals surface area (Å²) in [6, 6.07) is 7.61. The summed E-state index contributed by atoms with van der Waals surface area (Å²) in [6.07, 6.45) is 1.67. The van der Waals surface area contributed by atoms with Crippen molar-refractivity contribution >= 4 is 5.78 Å². The highest BCUT2D eigenvalue weighted by molar-refractivity contribution is 5.98. The Balaban J connectivity index is 2.89. The Bertz CT molecular complexity index is 308. The van der Waals surface area contributed by atoms with E-state index in [4.69, 9.17) is 0 Å². The first kappa shape index (κ1) is 9.72. The van der Waals surface area contributed by atoms with Crippen molar-refractivity contribution in [2.24, 2.45) is 5.92 Å². The van der Waals surface area contributed by atoms with Crippen LogP contribution in [0, 0.1) is 12.8 Å². The van der Waals surface area contributed by atoms with Crippen molar-refractivity contribution in [3.8, 4) is 0 Å². The number of carbonyl (C=O) groups is 1. The Labute approximate surface area is 79.1 Å². The molecule has 0 saturated heterocycles. The van der Waals surface area contributed by atoms with Crippen molar-refractivity contribution < 1.29 is 4.79 Å². The molecular formula is C12H14O. The summed E-state index contributed by atoms with van der Waals surface area (Å²) in [5, 5.41) is 0. The fourth-order valence-corrected chi connectivity index (χ4v) is 1.09. The van der Waals surface area contributed by atoms with Gasteiger partial charge in [-0.15, -0.1) is 6.58 Å². The minimum atomic E-state index is -0.0947. The number of hydrogen-bond donors (Lipinski definition) is 0. The molecule has 0 amide bonds. The SMILES string of the molecule is C=C[C@@H](C)C(=O)c1ccc(C)cc1. The highest BCUT2D eigenvalue weighted by Crippen LogP contribution is 2.10. The van der Waals surface area contributed by atoms with Gasteiger partial charge in [0, 0.05) is 11.5 Å². The van der Waals surface area contributed by atoms with Gasteiger partial charge in [0.1, 0.15) is 0 Å². The van der Waals surface area contributed by atoms with Gasteiger partial charge in [0.2, 0.25) is 0 Å². The largest absolute Gasteiger partial charge is 0.294 e. The Morgan fingerprint density at radius 2 is 1.92 bits per heavy atom. The van der Waals surface area contributed by atoms with Gasteiger partial charge in [-0.3, -0.25) is 4.79 Å². The number of benzene rings is 1. The zero-order valence-corrected chi connectivity index (χ0v) is 8.08. The topological polar surface area (TPSA) is 17.1 Å². The van der Waals surface area contributed by atoms with E-state index in [0.717, 1.165) is 5.56 Å². The van der Waals surface area contributed by atoms with Gasteiger partial charge in [-0.25, -0.2) is 0 Å². The molecule has 0 spiro atoms. The second-order valence-electron chi connectivity index (χ2n) is 3.25. The number of aryl methyl sites for hydroxylation is 1. The Hall–Kier alpha value is -1.37. The average Bonchev–Trinajstić information content (AvgIpc) is 2.17. The van der Waals surface area contributed by atoms with Gasteiger partial charge in [-0.2, -0.15) is 0 Å². The van der Waals surface area contributed by atoms with Crippen LogP contribution in [0.4, 0.5) is 0 Å². The molecule has 0 aromatic heterocycles. The first-order valence-electron chi connectivity index (χ1n) is 4.38. The lowest BCUT2D eigenvalue weighted by Gasteiger charge is -2.04. The zero-order valence-electron chi connectivity index (χ0n) is 8.08. The summed E-state index contributed by atoms with van der Waals surface area (Å²) >= 11 is 0. The molecule has 1 aromatic carbocycles. The first-order valence-corrected chi connectivity index (χ1v) is 4.38. The Morgan fingerprint density at radius 3 is 2.38 bits per heavy atom. The van der Waals surface area contributed by atoms with E-state index in [-0.39, 0.29) is 11.7 Å². The van der Waals surface area contributed by atoms with Crippen LogP contribution in [0.25, 0.3) is 0 Å². The third-order valence-electron chi connectivity index (χ3n) is 2.10. The molecule has 0 saturated carbocycles. The lowest BCUT2D eigenvalue weighted by atomic mass is 9.99. The van der Waals surface area contributed by atoms with E-state index in [2.05, 4.69) is 6.58 Å². The van der Waals surface area contributed by atoms with E-state index in [0.29, 0.717) is 0 Å². The molecule has 0 fully saturated rings. The molecule has 0 bridgehead atoms. The number of Topliss-reactive ketones (excluding diaryl/α,β-unsaturated/α-hetero) is 1. The minimum absolute atomic E-state index is 0.0947. The molecule has 1 atom stereocenters. The predicted octanol–water partition coefficient (Wildman–Crippen LogP) is 3.00. The summed E-state index contributed by atoms with van der Waals surface area (Å²) in [5.41, 5.74) is 1.93. The summed E-state index contributed by atoms with van der Waals surface area (Å²) in [5.74, 6) is 0.0395. The quantitative estimate of drug-likeness (QED) is 0.508.